The van der Waals surface area contributed by atoms with Crippen LogP contribution in [0.3, 0.4) is 0 Å². The molecule has 0 radical (unpaired) electrons. The first-order chi connectivity index (χ1) is 10.6. The number of benzene rings is 2. The monoisotopic (exact) mass is 300 g/mol. The summed E-state index contributed by atoms with van der Waals surface area (Å²) in [6.07, 6.45) is -1.12. The molecule has 0 fully saturated rings. The molecule has 22 heavy (non-hydrogen) atoms. The lowest BCUT2D eigenvalue weighted by molar-refractivity contribution is -0.00975. The number of hydrogen-bond acceptors (Lipinski definition) is 4. The molecule has 0 aromatic heterocycles. The average Bonchev–Trinajstić information content (AvgIpc) is 2.55. The Balaban J connectivity index is 1.91. The van der Waals surface area contributed by atoms with Gasteiger partial charge in [0.1, 0.15) is 0 Å². The molecule has 0 spiro atoms. The van der Waals surface area contributed by atoms with E-state index in [-0.39, 0.29) is 0 Å². The van der Waals surface area contributed by atoms with E-state index in [1.54, 1.807) is 0 Å². The van der Waals surface area contributed by atoms with Crippen LogP contribution in [-0.4, -0.2) is 34.5 Å². The Morgan fingerprint density at radius 1 is 0.636 bits per heavy atom. The van der Waals surface area contributed by atoms with Gasteiger partial charge in [-0.05, 0) is 24.0 Å². The van der Waals surface area contributed by atoms with E-state index in [0.717, 1.165) is 11.1 Å². The van der Waals surface area contributed by atoms with Gasteiger partial charge in [-0.2, -0.15) is 0 Å². The van der Waals surface area contributed by atoms with E-state index in [1.165, 1.54) is 0 Å². The van der Waals surface area contributed by atoms with Crippen LogP contribution < -0.4 is 11.5 Å². The second kappa shape index (κ2) is 8.06. The molecule has 0 heterocycles. The second-order valence-electron chi connectivity index (χ2n) is 5.69. The lowest BCUT2D eigenvalue weighted by atomic mass is 9.92. The summed E-state index contributed by atoms with van der Waals surface area (Å²) in [6, 6.07) is 18.2. The van der Waals surface area contributed by atoms with Crippen LogP contribution in [0.2, 0.25) is 0 Å². The minimum Gasteiger partial charge on any atom is -0.389 e. The first-order valence-corrected chi connectivity index (χ1v) is 7.53. The Morgan fingerprint density at radius 3 is 1.27 bits per heavy atom. The fourth-order valence-corrected chi connectivity index (χ4v) is 2.52. The molecule has 0 aliphatic carbocycles. The van der Waals surface area contributed by atoms with Crippen molar-refractivity contribution in [2.24, 2.45) is 11.5 Å². The van der Waals surface area contributed by atoms with Gasteiger partial charge in [0.2, 0.25) is 0 Å². The zero-order valence-corrected chi connectivity index (χ0v) is 12.5. The van der Waals surface area contributed by atoms with E-state index in [4.69, 9.17) is 11.5 Å². The highest BCUT2D eigenvalue weighted by Gasteiger charge is 2.28. The van der Waals surface area contributed by atoms with E-state index in [9.17, 15) is 10.2 Å². The third-order valence-electron chi connectivity index (χ3n) is 3.86. The van der Waals surface area contributed by atoms with Gasteiger partial charge in [-0.25, -0.2) is 0 Å². The van der Waals surface area contributed by atoms with Gasteiger partial charge >= 0.3 is 0 Å². The normalized spacial score (nSPS) is 16.7. The second-order valence-corrected chi connectivity index (χ2v) is 5.69. The van der Waals surface area contributed by atoms with Gasteiger partial charge in [-0.15, -0.1) is 0 Å². The first-order valence-electron chi connectivity index (χ1n) is 7.53. The lowest BCUT2D eigenvalue weighted by Gasteiger charge is -2.28. The minimum atomic E-state index is -1.06. The van der Waals surface area contributed by atoms with Crippen LogP contribution in [0, 0.1) is 0 Å². The Kier molecular flexibility index (Phi) is 6.10. The third kappa shape index (κ3) is 4.64. The molecule has 0 aliphatic rings. The molecule has 0 saturated carbocycles. The molecule has 0 saturated heterocycles. The Bertz CT molecular complexity index is 496. The summed E-state index contributed by atoms with van der Waals surface area (Å²) >= 11 is 0. The summed E-state index contributed by atoms with van der Waals surface area (Å²) in [4.78, 5) is 0. The smallest absolute Gasteiger partial charge is 0.0968 e. The maximum Gasteiger partial charge on any atom is 0.0968 e. The fourth-order valence-electron chi connectivity index (χ4n) is 2.52. The summed E-state index contributed by atoms with van der Waals surface area (Å²) in [5, 5.41) is 20.5. The van der Waals surface area contributed by atoms with Gasteiger partial charge in [0.25, 0.3) is 0 Å². The highest BCUT2D eigenvalue weighted by atomic mass is 16.3. The number of aliphatic hydroxyl groups excluding tert-OH is 2. The van der Waals surface area contributed by atoms with Gasteiger partial charge in [0, 0.05) is 12.1 Å². The number of rotatable bonds is 7. The van der Waals surface area contributed by atoms with Crippen molar-refractivity contribution in [3.05, 3.63) is 71.8 Å². The molecule has 4 atom stereocenters. The Hall–Kier alpha value is -1.72. The standard InChI is InChI=1S/C18H24N2O2/c19-15(11-13-7-3-1-4-8-13)17(21)18(22)16(20)12-14-9-5-2-6-10-14/h1-10,15-18,21-22H,11-12,19-20H2/t15-,16-,17?,18?/m0/s1. The molecule has 2 aromatic carbocycles. The number of nitrogens with two attached hydrogens (primary N) is 2. The molecule has 118 valence electrons. The van der Waals surface area contributed by atoms with Crippen LogP contribution in [0.15, 0.2) is 60.7 Å². The van der Waals surface area contributed by atoms with Crippen LogP contribution >= 0.6 is 0 Å². The van der Waals surface area contributed by atoms with Crippen LogP contribution in [0.5, 0.6) is 0 Å². The van der Waals surface area contributed by atoms with Crippen molar-refractivity contribution in [3.63, 3.8) is 0 Å². The van der Waals surface area contributed by atoms with Crippen LogP contribution in [-0.2, 0) is 12.8 Å². The maximum absolute atomic E-state index is 10.2. The van der Waals surface area contributed by atoms with Gasteiger partial charge in [0.15, 0.2) is 0 Å². The van der Waals surface area contributed by atoms with Crippen molar-refractivity contribution in [3.8, 4) is 0 Å². The molecule has 4 nitrogen and oxygen atoms in total. The van der Waals surface area contributed by atoms with E-state index < -0.39 is 24.3 Å². The summed E-state index contributed by atoms with van der Waals surface area (Å²) in [6.45, 7) is 0. The zero-order chi connectivity index (χ0) is 15.9. The number of hydrogen-bond donors (Lipinski definition) is 4. The van der Waals surface area contributed by atoms with E-state index in [2.05, 4.69) is 0 Å². The quantitative estimate of drug-likeness (QED) is 0.610. The van der Waals surface area contributed by atoms with E-state index in [1.807, 2.05) is 60.7 Å². The summed E-state index contributed by atoms with van der Waals surface area (Å²) in [5.74, 6) is 0. The Morgan fingerprint density at radius 2 is 0.955 bits per heavy atom. The molecule has 2 rings (SSSR count). The van der Waals surface area contributed by atoms with E-state index >= 15 is 0 Å². The van der Waals surface area contributed by atoms with Crippen molar-refractivity contribution in [1.82, 2.24) is 0 Å². The maximum atomic E-state index is 10.2. The lowest BCUT2D eigenvalue weighted by Crippen LogP contribution is -2.52. The van der Waals surface area contributed by atoms with Gasteiger partial charge in [-0.3, -0.25) is 0 Å². The predicted molar refractivity (Wildman–Crippen MR) is 88.3 cm³/mol. The minimum absolute atomic E-state index is 0.497. The average molecular weight is 300 g/mol. The third-order valence-corrected chi connectivity index (χ3v) is 3.86. The molecular formula is C18H24N2O2. The van der Waals surface area contributed by atoms with Crippen LogP contribution in [0.4, 0.5) is 0 Å². The predicted octanol–water partition coefficient (Wildman–Crippen LogP) is 0.848. The largest absolute Gasteiger partial charge is 0.389 e. The van der Waals surface area contributed by atoms with Crippen molar-refractivity contribution >= 4 is 0 Å². The molecule has 2 unspecified atom stereocenters. The molecule has 6 N–H and O–H groups in total. The molecule has 2 aromatic rings. The summed E-state index contributed by atoms with van der Waals surface area (Å²) in [5.41, 5.74) is 14.1. The zero-order valence-electron chi connectivity index (χ0n) is 12.5. The summed E-state index contributed by atoms with van der Waals surface area (Å²) < 4.78 is 0. The van der Waals surface area contributed by atoms with Gasteiger partial charge in [0.05, 0.1) is 12.2 Å². The first kappa shape index (κ1) is 16.6. The molecule has 4 heteroatoms. The van der Waals surface area contributed by atoms with Crippen LogP contribution in [0.25, 0.3) is 0 Å². The SMILES string of the molecule is N[C@@H](Cc1ccccc1)C(O)C(O)[C@@H](N)Cc1ccccc1. The van der Waals surface area contributed by atoms with Gasteiger partial charge in [-0.1, -0.05) is 60.7 Å². The summed E-state index contributed by atoms with van der Waals surface area (Å²) in [7, 11) is 0. The van der Waals surface area contributed by atoms with E-state index in [0.29, 0.717) is 12.8 Å². The van der Waals surface area contributed by atoms with Gasteiger partial charge < -0.3 is 21.7 Å². The van der Waals surface area contributed by atoms with Crippen molar-refractivity contribution in [1.29, 1.82) is 0 Å². The molecule has 0 aliphatic heterocycles. The van der Waals surface area contributed by atoms with Crippen molar-refractivity contribution in [2.45, 2.75) is 37.1 Å². The molecule has 0 amide bonds. The Labute approximate surface area is 131 Å². The molecule has 0 bridgehead atoms. The highest BCUT2D eigenvalue weighted by molar-refractivity contribution is 5.18. The van der Waals surface area contributed by atoms with Crippen LogP contribution in [0.1, 0.15) is 11.1 Å². The fraction of sp³-hybridized carbons (Fsp3) is 0.333. The topological polar surface area (TPSA) is 92.5 Å². The van der Waals surface area contributed by atoms with Crippen molar-refractivity contribution in [2.75, 3.05) is 0 Å². The number of aliphatic hydroxyl groups is 2. The van der Waals surface area contributed by atoms with Crippen molar-refractivity contribution < 1.29 is 10.2 Å². The molecular weight excluding hydrogens is 276 g/mol. The highest BCUT2D eigenvalue weighted by Crippen LogP contribution is 2.11.